The third-order valence-corrected chi connectivity index (χ3v) is 3.29. The van der Waals surface area contributed by atoms with E-state index < -0.39 is 11.6 Å². The lowest BCUT2D eigenvalue weighted by Gasteiger charge is -2.01. The van der Waals surface area contributed by atoms with E-state index in [1.807, 2.05) is 0 Å². The van der Waals surface area contributed by atoms with Gasteiger partial charge in [-0.15, -0.1) is 0 Å². The second kappa shape index (κ2) is 5.88. The number of nitrogens with zero attached hydrogens (tertiary/aromatic N) is 1. The van der Waals surface area contributed by atoms with Gasteiger partial charge >= 0.3 is 0 Å². The van der Waals surface area contributed by atoms with E-state index in [0.29, 0.717) is 23.2 Å². The van der Waals surface area contributed by atoms with Crippen molar-refractivity contribution in [1.82, 2.24) is 4.98 Å². The van der Waals surface area contributed by atoms with Crippen LogP contribution in [-0.4, -0.2) is 25.2 Å². The summed E-state index contributed by atoms with van der Waals surface area (Å²) in [6.07, 6.45) is 1.53. The van der Waals surface area contributed by atoms with Crippen LogP contribution in [0.1, 0.15) is 0 Å². The minimum absolute atomic E-state index is 0.229. The van der Waals surface area contributed by atoms with Crippen LogP contribution >= 0.6 is 11.3 Å². The summed E-state index contributed by atoms with van der Waals surface area (Å²) in [4.78, 5) is 4.69. The summed E-state index contributed by atoms with van der Waals surface area (Å²) in [7, 11) is 1.61. The van der Waals surface area contributed by atoms with Crippen molar-refractivity contribution in [3.63, 3.8) is 0 Å². The van der Waals surface area contributed by atoms with E-state index in [4.69, 9.17) is 4.74 Å². The van der Waals surface area contributed by atoms with Gasteiger partial charge in [0.2, 0.25) is 0 Å². The number of benzene rings is 1. The fourth-order valence-corrected chi connectivity index (χ4v) is 2.30. The highest BCUT2D eigenvalue weighted by atomic mass is 32.1. The van der Waals surface area contributed by atoms with Gasteiger partial charge in [0.15, 0.2) is 16.8 Å². The second-order valence-corrected chi connectivity index (χ2v) is 4.58. The molecular formula is C12H12F2N2OS. The number of rotatable bonds is 5. The lowest BCUT2D eigenvalue weighted by Crippen LogP contribution is -2.06. The van der Waals surface area contributed by atoms with Crippen molar-refractivity contribution in [1.29, 1.82) is 0 Å². The molecule has 96 valence electrons. The monoisotopic (exact) mass is 270 g/mol. The minimum Gasteiger partial charge on any atom is -0.383 e. The highest BCUT2D eigenvalue weighted by Crippen LogP contribution is 2.31. The highest BCUT2D eigenvalue weighted by molar-refractivity contribution is 7.18. The smallest absolute Gasteiger partial charge is 0.183 e. The minimum atomic E-state index is -0.852. The summed E-state index contributed by atoms with van der Waals surface area (Å²) < 4.78 is 31.6. The maximum absolute atomic E-state index is 13.6. The topological polar surface area (TPSA) is 34.1 Å². The van der Waals surface area contributed by atoms with Gasteiger partial charge in [-0.05, 0) is 6.07 Å². The molecule has 0 bridgehead atoms. The SMILES string of the molecule is COCCNc1ncc(-c2cccc(F)c2F)s1. The number of halogens is 2. The van der Waals surface area contributed by atoms with Gasteiger partial charge in [0.25, 0.3) is 0 Å². The Hall–Kier alpha value is -1.53. The molecule has 0 radical (unpaired) electrons. The van der Waals surface area contributed by atoms with Gasteiger partial charge in [0.05, 0.1) is 11.5 Å². The molecule has 1 aromatic carbocycles. The Bertz CT molecular complexity index is 531. The summed E-state index contributed by atoms with van der Waals surface area (Å²) >= 11 is 1.27. The number of methoxy groups -OCH3 is 1. The highest BCUT2D eigenvalue weighted by Gasteiger charge is 2.12. The Morgan fingerprint density at radius 2 is 2.22 bits per heavy atom. The summed E-state index contributed by atoms with van der Waals surface area (Å²) in [6, 6.07) is 4.11. The van der Waals surface area contributed by atoms with Gasteiger partial charge in [0, 0.05) is 25.4 Å². The number of anilines is 1. The van der Waals surface area contributed by atoms with E-state index in [1.54, 1.807) is 7.11 Å². The fraction of sp³-hybridized carbons (Fsp3) is 0.250. The van der Waals surface area contributed by atoms with E-state index in [0.717, 1.165) is 6.07 Å². The number of hydrogen-bond acceptors (Lipinski definition) is 4. The van der Waals surface area contributed by atoms with Crippen LogP contribution in [0.5, 0.6) is 0 Å². The molecule has 1 aromatic heterocycles. The first-order valence-corrected chi connectivity index (χ1v) is 6.17. The molecule has 0 amide bonds. The van der Waals surface area contributed by atoms with E-state index in [2.05, 4.69) is 10.3 Å². The van der Waals surface area contributed by atoms with Crippen LogP contribution in [0.4, 0.5) is 13.9 Å². The molecule has 1 heterocycles. The Morgan fingerprint density at radius 1 is 1.39 bits per heavy atom. The van der Waals surface area contributed by atoms with Gasteiger partial charge in [-0.1, -0.05) is 23.5 Å². The molecular weight excluding hydrogens is 258 g/mol. The molecule has 18 heavy (non-hydrogen) atoms. The largest absolute Gasteiger partial charge is 0.383 e. The van der Waals surface area contributed by atoms with Gasteiger partial charge in [-0.3, -0.25) is 0 Å². The van der Waals surface area contributed by atoms with Crippen molar-refractivity contribution < 1.29 is 13.5 Å². The number of thiazole rings is 1. The number of ether oxygens (including phenoxy) is 1. The van der Waals surface area contributed by atoms with Gasteiger partial charge in [-0.2, -0.15) is 0 Å². The van der Waals surface area contributed by atoms with E-state index >= 15 is 0 Å². The van der Waals surface area contributed by atoms with Crippen LogP contribution in [0.15, 0.2) is 24.4 Å². The molecule has 0 aliphatic rings. The van der Waals surface area contributed by atoms with Crippen LogP contribution in [-0.2, 0) is 4.74 Å². The Kier molecular flexibility index (Phi) is 4.22. The molecule has 0 aliphatic carbocycles. The molecule has 3 nitrogen and oxygen atoms in total. The number of aromatic nitrogens is 1. The first-order valence-electron chi connectivity index (χ1n) is 5.35. The molecule has 1 N–H and O–H groups in total. The molecule has 6 heteroatoms. The normalized spacial score (nSPS) is 10.6. The van der Waals surface area contributed by atoms with Crippen LogP contribution in [0.3, 0.4) is 0 Å². The van der Waals surface area contributed by atoms with Crippen molar-refractivity contribution in [2.75, 3.05) is 25.6 Å². The van der Waals surface area contributed by atoms with Gasteiger partial charge in [0.1, 0.15) is 0 Å². The first kappa shape index (κ1) is 12.9. The molecule has 0 spiro atoms. The average Bonchev–Trinajstić information content (AvgIpc) is 2.82. The summed E-state index contributed by atoms with van der Waals surface area (Å²) in [5.74, 6) is -1.70. The van der Waals surface area contributed by atoms with E-state index in [9.17, 15) is 8.78 Å². The number of nitrogens with one attached hydrogen (secondary N) is 1. The van der Waals surface area contributed by atoms with Crippen molar-refractivity contribution >= 4 is 16.5 Å². The number of hydrogen-bond donors (Lipinski definition) is 1. The molecule has 0 unspecified atom stereocenters. The third kappa shape index (κ3) is 2.83. The Balaban J connectivity index is 2.16. The molecule has 2 rings (SSSR count). The molecule has 2 aromatic rings. The van der Waals surface area contributed by atoms with Crippen LogP contribution in [0, 0.1) is 11.6 Å². The van der Waals surface area contributed by atoms with Crippen molar-refractivity contribution in [2.24, 2.45) is 0 Å². The van der Waals surface area contributed by atoms with Crippen molar-refractivity contribution in [2.45, 2.75) is 0 Å². The Morgan fingerprint density at radius 3 is 3.00 bits per heavy atom. The molecule has 0 aliphatic heterocycles. The van der Waals surface area contributed by atoms with Crippen LogP contribution < -0.4 is 5.32 Å². The average molecular weight is 270 g/mol. The molecule has 0 atom stereocenters. The maximum atomic E-state index is 13.6. The van der Waals surface area contributed by atoms with E-state index in [-0.39, 0.29) is 5.56 Å². The van der Waals surface area contributed by atoms with Gasteiger partial charge < -0.3 is 10.1 Å². The van der Waals surface area contributed by atoms with Crippen molar-refractivity contribution in [3.05, 3.63) is 36.0 Å². The zero-order chi connectivity index (χ0) is 13.0. The summed E-state index contributed by atoms with van der Waals surface area (Å²) in [6.45, 7) is 1.18. The lowest BCUT2D eigenvalue weighted by molar-refractivity contribution is 0.211. The predicted octanol–water partition coefficient (Wildman–Crippen LogP) is 3.15. The maximum Gasteiger partial charge on any atom is 0.183 e. The third-order valence-electron chi connectivity index (χ3n) is 2.31. The van der Waals surface area contributed by atoms with Crippen molar-refractivity contribution in [3.8, 4) is 10.4 Å². The molecule has 0 saturated heterocycles. The standard InChI is InChI=1S/C12H12F2N2OS/c1-17-6-5-15-12-16-7-10(18-12)8-3-2-4-9(13)11(8)14/h2-4,7H,5-6H2,1H3,(H,15,16). The summed E-state index contributed by atoms with van der Waals surface area (Å²) in [5, 5.41) is 3.69. The van der Waals surface area contributed by atoms with E-state index in [1.165, 1.54) is 29.7 Å². The fourth-order valence-electron chi connectivity index (χ4n) is 1.43. The lowest BCUT2D eigenvalue weighted by atomic mass is 10.2. The summed E-state index contributed by atoms with van der Waals surface area (Å²) in [5.41, 5.74) is 0.229. The Labute approximate surface area is 107 Å². The zero-order valence-electron chi connectivity index (χ0n) is 9.74. The zero-order valence-corrected chi connectivity index (χ0v) is 10.6. The van der Waals surface area contributed by atoms with Crippen LogP contribution in [0.25, 0.3) is 10.4 Å². The predicted molar refractivity (Wildman–Crippen MR) is 67.8 cm³/mol. The molecule has 0 saturated carbocycles. The first-order chi connectivity index (χ1) is 8.72. The quantitative estimate of drug-likeness (QED) is 0.847. The van der Waals surface area contributed by atoms with Crippen LogP contribution in [0.2, 0.25) is 0 Å². The molecule has 0 fully saturated rings. The second-order valence-electron chi connectivity index (χ2n) is 3.55. The van der Waals surface area contributed by atoms with Gasteiger partial charge in [-0.25, -0.2) is 13.8 Å².